The summed E-state index contributed by atoms with van der Waals surface area (Å²) >= 11 is 3.51. The molecule has 0 heterocycles. The number of carbonyl (C=O) groups excluding carboxylic acids is 1. The minimum Gasteiger partial charge on any atom is -0.490 e. The van der Waals surface area contributed by atoms with Crippen LogP contribution in [0.1, 0.15) is 45.1 Å². The molecule has 31 heavy (non-hydrogen) atoms. The minimum absolute atomic E-state index is 0.0908. The fourth-order valence-electron chi connectivity index (χ4n) is 2.82. The number of rotatable bonds is 11. The number of unbranched alkanes of at least 4 members (excludes halogenated alkanes) is 3. The second-order valence-corrected chi connectivity index (χ2v) is 7.66. The molecule has 0 radical (unpaired) electrons. The average molecular weight is 489 g/mol. The van der Waals surface area contributed by atoms with E-state index in [9.17, 15) is 14.4 Å². The first-order valence-corrected chi connectivity index (χ1v) is 11.1. The van der Waals surface area contributed by atoms with E-state index >= 15 is 0 Å². The van der Waals surface area contributed by atoms with Crippen LogP contribution in [0.15, 0.2) is 46.4 Å². The van der Waals surface area contributed by atoms with E-state index in [-0.39, 0.29) is 5.57 Å². The molecule has 2 aromatic rings. The SMILES string of the molecule is CCCCCCOc1c(Br)cc(/C=C(\C#N)C(=O)Nc2ccc(F)cc2)cc1OCC. The van der Waals surface area contributed by atoms with Crippen molar-refractivity contribution in [2.45, 2.75) is 39.5 Å². The number of hydrogen-bond donors (Lipinski definition) is 1. The third-order valence-electron chi connectivity index (χ3n) is 4.35. The van der Waals surface area contributed by atoms with Crippen LogP contribution in [0.5, 0.6) is 11.5 Å². The molecule has 164 valence electrons. The zero-order valence-corrected chi connectivity index (χ0v) is 19.3. The summed E-state index contributed by atoms with van der Waals surface area (Å²) in [5, 5.41) is 12.0. The van der Waals surface area contributed by atoms with Gasteiger partial charge in [0.1, 0.15) is 17.5 Å². The van der Waals surface area contributed by atoms with Gasteiger partial charge in [0.25, 0.3) is 5.91 Å². The van der Waals surface area contributed by atoms with Crippen molar-refractivity contribution in [1.29, 1.82) is 5.26 Å². The van der Waals surface area contributed by atoms with Gasteiger partial charge in [0.05, 0.1) is 17.7 Å². The van der Waals surface area contributed by atoms with Gasteiger partial charge in [0.2, 0.25) is 0 Å². The van der Waals surface area contributed by atoms with E-state index in [1.54, 1.807) is 12.1 Å². The molecule has 0 saturated carbocycles. The Balaban J connectivity index is 2.20. The van der Waals surface area contributed by atoms with E-state index in [0.717, 1.165) is 19.3 Å². The number of nitriles is 1. The first-order valence-electron chi connectivity index (χ1n) is 10.3. The van der Waals surface area contributed by atoms with Crippen molar-refractivity contribution in [3.8, 4) is 17.6 Å². The molecule has 7 heteroatoms. The van der Waals surface area contributed by atoms with E-state index in [1.807, 2.05) is 13.0 Å². The third-order valence-corrected chi connectivity index (χ3v) is 4.94. The molecule has 0 saturated heterocycles. The van der Waals surface area contributed by atoms with Crippen molar-refractivity contribution >= 4 is 33.6 Å². The molecule has 0 spiro atoms. The first kappa shape index (κ1) is 24.4. The van der Waals surface area contributed by atoms with Gasteiger partial charge < -0.3 is 14.8 Å². The van der Waals surface area contributed by atoms with Crippen LogP contribution in [0.25, 0.3) is 6.08 Å². The van der Waals surface area contributed by atoms with E-state index < -0.39 is 11.7 Å². The Morgan fingerprint density at radius 2 is 1.90 bits per heavy atom. The predicted molar refractivity (Wildman–Crippen MR) is 124 cm³/mol. The van der Waals surface area contributed by atoms with Crippen molar-refractivity contribution in [1.82, 2.24) is 0 Å². The lowest BCUT2D eigenvalue weighted by atomic mass is 10.1. The summed E-state index contributed by atoms with van der Waals surface area (Å²) < 4.78 is 25.4. The summed E-state index contributed by atoms with van der Waals surface area (Å²) in [6, 6.07) is 10.7. The molecule has 0 aromatic heterocycles. The maximum Gasteiger partial charge on any atom is 0.266 e. The molecule has 1 N–H and O–H groups in total. The number of amides is 1. The maximum absolute atomic E-state index is 13.0. The van der Waals surface area contributed by atoms with Crippen molar-refractivity contribution in [2.24, 2.45) is 0 Å². The number of halogens is 2. The Bertz CT molecular complexity index is 953. The fraction of sp³-hybridized carbons (Fsp3) is 0.333. The molecule has 5 nitrogen and oxygen atoms in total. The summed E-state index contributed by atoms with van der Waals surface area (Å²) in [4.78, 5) is 12.5. The number of carbonyl (C=O) groups is 1. The number of ether oxygens (including phenoxy) is 2. The van der Waals surface area contributed by atoms with E-state index in [0.29, 0.717) is 40.4 Å². The van der Waals surface area contributed by atoms with Crippen LogP contribution in [0.4, 0.5) is 10.1 Å². The first-order chi connectivity index (χ1) is 15.0. The molecular weight excluding hydrogens is 463 g/mol. The Labute approximate surface area is 191 Å². The fourth-order valence-corrected chi connectivity index (χ4v) is 3.40. The molecular formula is C24H26BrFN2O3. The highest BCUT2D eigenvalue weighted by Crippen LogP contribution is 2.37. The molecule has 2 rings (SSSR count). The monoisotopic (exact) mass is 488 g/mol. The number of nitrogens with one attached hydrogen (secondary N) is 1. The van der Waals surface area contributed by atoms with Crippen molar-refractivity contribution in [3.05, 3.63) is 57.8 Å². The molecule has 0 atom stereocenters. The van der Waals surface area contributed by atoms with Crippen LogP contribution in [0, 0.1) is 17.1 Å². The topological polar surface area (TPSA) is 71.3 Å². The van der Waals surface area contributed by atoms with E-state index in [1.165, 1.54) is 36.8 Å². The summed E-state index contributed by atoms with van der Waals surface area (Å²) in [6.45, 7) is 5.06. The second-order valence-electron chi connectivity index (χ2n) is 6.80. The number of benzene rings is 2. The molecule has 0 unspecified atom stereocenters. The molecule has 0 aliphatic rings. The van der Waals surface area contributed by atoms with Gasteiger partial charge in [-0.2, -0.15) is 5.26 Å². The Morgan fingerprint density at radius 3 is 2.55 bits per heavy atom. The van der Waals surface area contributed by atoms with Gasteiger partial charge in [0.15, 0.2) is 11.5 Å². The summed E-state index contributed by atoms with van der Waals surface area (Å²) in [7, 11) is 0. The lowest BCUT2D eigenvalue weighted by Crippen LogP contribution is -2.13. The van der Waals surface area contributed by atoms with Crippen LogP contribution in [-0.4, -0.2) is 19.1 Å². The van der Waals surface area contributed by atoms with Gasteiger partial charge in [0, 0.05) is 5.69 Å². The number of anilines is 1. The molecule has 1 amide bonds. The van der Waals surface area contributed by atoms with Gasteiger partial charge >= 0.3 is 0 Å². The second kappa shape index (κ2) is 12.8. The Morgan fingerprint density at radius 1 is 1.16 bits per heavy atom. The van der Waals surface area contributed by atoms with Gasteiger partial charge in [-0.3, -0.25) is 4.79 Å². The largest absolute Gasteiger partial charge is 0.490 e. The zero-order valence-electron chi connectivity index (χ0n) is 17.7. The highest BCUT2D eigenvalue weighted by Gasteiger charge is 2.14. The average Bonchev–Trinajstić information content (AvgIpc) is 2.75. The van der Waals surface area contributed by atoms with E-state index in [2.05, 4.69) is 28.2 Å². The minimum atomic E-state index is -0.584. The third kappa shape index (κ3) is 7.72. The Kier molecular flexibility index (Phi) is 10.0. The highest BCUT2D eigenvalue weighted by atomic mass is 79.9. The summed E-state index contributed by atoms with van der Waals surface area (Å²) in [6.07, 6.45) is 5.86. The number of nitrogens with zero attached hydrogens (tertiary/aromatic N) is 1. The smallest absolute Gasteiger partial charge is 0.266 e. The van der Waals surface area contributed by atoms with Gasteiger partial charge in [-0.1, -0.05) is 26.2 Å². The highest BCUT2D eigenvalue weighted by molar-refractivity contribution is 9.10. The molecule has 0 bridgehead atoms. The lowest BCUT2D eigenvalue weighted by Gasteiger charge is -2.15. The summed E-state index contributed by atoms with van der Waals surface area (Å²) in [5.41, 5.74) is 0.918. The van der Waals surface area contributed by atoms with Gasteiger partial charge in [-0.25, -0.2) is 4.39 Å². The maximum atomic E-state index is 13.0. The standard InChI is InChI=1S/C24H26BrFN2O3/c1-3-5-6-7-12-31-23-21(25)14-17(15-22(23)30-4-2)13-18(16-27)24(29)28-20-10-8-19(26)9-11-20/h8-11,13-15H,3-7,12H2,1-2H3,(H,28,29)/b18-13+. The van der Waals surface area contributed by atoms with Crippen LogP contribution in [0.3, 0.4) is 0 Å². The van der Waals surface area contributed by atoms with Crippen LogP contribution in [-0.2, 0) is 4.79 Å². The van der Waals surface area contributed by atoms with Crippen LogP contribution < -0.4 is 14.8 Å². The molecule has 0 fully saturated rings. The van der Waals surface area contributed by atoms with Crippen molar-refractivity contribution in [2.75, 3.05) is 18.5 Å². The number of hydrogen-bond acceptors (Lipinski definition) is 4. The van der Waals surface area contributed by atoms with Gasteiger partial charge in [-0.05, 0) is 77.3 Å². The van der Waals surface area contributed by atoms with Gasteiger partial charge in [-0.15, -0.1) is 0 Å². The normalized spacial score (nSPS) is 11.0. The Hall–Kier alpha value is -2.85. The van der Waals surface area contributed by atoms with Crippen molar-refractivity contribution in [3.63, 3.8) is 0 Å². The summed E-state index contributed by atoms with van der Waals surface area (Å²) in [5.74, 6) is 0.147. The molecule has 2 aromatic carbocycles. The van der Waals surface area contributed by atoms with Crippen molar-refractivity contribution < 1.29 is 18.7 Å². The predicted octanol–water partition coefficient (Wildman–Crippen LogP) is 6.49. The quantitative estimate of drug-likeness (QED) is 0.223. The molecule has 0 aliphatic carbocycles. The molecule has 0 aliphatic heterocycles. The zero-order chi connectivity index (χ0) is 22.6. The lowest BCUT2D eigenvalue weighted by molar-refractivity contribution is -0.112. The van der Waals surface area contributed by atoms with E-state index in [4.69, 9.17) is 9.47 Å². The van der Waals surface area contributed by atoms with Crippen LogP contribution in [0.2, 0.25) is 0 Å². The van der Waals surface area contributed by atoms with Crippen LogP contribution >= 0.6 is 15.9 Å².